The van der Waals surface area contributed by atoms with E-state index in [0.29, 0.717) is 11.8 Å². The SMILES string of the molecule is O=C(CC1CC1)N1CCN(c2cnccc2-c2ccccc2)CC1. The van der Waals surface area contributed by atoms with E-state index in [4.69, 9.17) is 0 Å². The topological polar surface area (TPSA) is 36.4 Å². The number of benzene rings is 1. The Bertz CT molecular complexity index is 704. The van der Waals surface area contributed by atoms with Crippen molar-refractivity contribution in [3.63, 3.8) is 0 Å². The predicted octanol–water partition coefficient (Wildman–Crippen LogP) is 3.20. The van der Waals surface area contributed by atoms with Crippen LogP contribution >= 0.6 is 0 Å². The molecule has 2 fully saturated rings. The van der Waals surface area contributed by atoms with Crippen molar-refractivity contribution in [1.82, 2.24) is 9.88 Å². The maximum absolute atomic E-state index is 12.3. The quantitative estimate of drug-likeness (QED) is 0.868. The van der Waals surface area contributed by atoms with Gasteiger partial charge in [0, 0.05) is 44.4 Å². The molecule has 1 amide bonds. The fraction of sp³-hybridized carbons (Fsp3) is 0.400. The van der Waals surface area contributed by atoms with Gasteiger partial charge in [0.1, 0.15) is 0 Å². The van der Waals surface area contributed by atoms with Gasteiger partial charge in [0.25, 0.3) is 0 Å². The molecule has 0 atom stereocenters. The minimum atomic E-state index is 0.339. The van der Waals surface area contributed by atoms with Gasteiger partial charge in [0.15, 0.2) is 0 Å². The third-order valence-electron chi connectivity index (χ3n) is 5.02. The Morgan fingerprint density at radius 2 is 1.79 bits per heavy atom. The summed E-state index contributed by atoms with van der Waals surface area (Å²) in [6, 6.07) is 12.5. The molecule has 2 heterocycles. The van der Waals surface area contributed by atoms with Crippen LogP contribution < -0.4 is 4.90 Å². The van der Waals surface area contributed by atoms with Gasteiger partial charge in [-0.3, -0.25) is 9.78 Å². The molecule has 24 heavy (non-hydrogen) atoms. The van der Waals surface area contributed by atoms with E-state index in [1.807, 2.05) is 23.4 Å². The van der Waals surface area contributed by atoms with Crippen molar-refractivity contribution in [2.24, 2.45) is 5.92 Å². The number of amides is 1. The van der Waals surface area contributed by atoms with Crippen molar-refractivity contribution in [1.29, 1.82) is 0 Å². The van der Waals surface area contributed by atoms with Crippen LogP contribution in [0.1, 0.15) is 19.3 Å². The molecule has 0 unspecified atom stereocenters. The van der Waals surface area contributed by atoms with Gasteiger partial charge in [0.2, 0.25) is 5.91 Å². The summed E-state index contributed by atoms with van der Waals surface area (Å²) in [5.41, 5.74) is 3.59. The standard InChI is InChI=1S/C20H23N3O/c24-20(14-16-6-7-16)23-12-10-22(11-13-23)19-15-21-9-8-18(19)17-4-2-1-3-5-17/h1-5,8-9,15-16H,6-7,10-14H2. The van der Waals surface area contributed by atoms with Gasteiger partial charge < -0.3 is 9.80 Å². The van der Waals surface area contributed by atoms with Gasteiger partial charge in [-0.05, 0) is 30.4 Å². The molecule has 0 radical (unpaired) electrons. The van der Waals surface area contributed by atoms with Gasteiger partial charge in [-0.15, -0.1) is 0 Å². The van der Waals surface area contributed by atoms with Gasteiger partial charge in [0.05, 0.1) is 11.9 Å². The molecule has 1 aliphatic heterocycles. The zero-order valence-electron chi connectivity index (χ0n) is 13.9. The van der Waals surface area contributed by atoms with Crippen molar-refractivity contribution in [3.05, 3.63) is 48.8 Å². The Balaban J connectivity index is 1.47. The maximum atomic E-state index is 12.3. The number of anilines is 1. The van der Waals surface area contributed by atoms with E-state index in [0.717, 1.165) is 38.3 Å². The molecule has 1 aromatic carbocycles. The van der Waals surface area contributed by atoms with Crippen molar-refractivity contribution in [2.75, 3.05) is 31.1 Å². The summed E-state index contributed by atoms with van der Waals surface area (Å²) >= 11 is 0. The average molecular weight is 321 g/mol. The van der Waals surface area contributed by atoms with E-state index >= 15 is 0 Å². The summed E-state index contributed by atoms with van der Waals surface area (Å²) < 4.78 is 0. The molecule has 1 aromatic heterocycles. The Morgan fingerprint density at radius 1 is 1.04 bits per heavy atom. The van der Waals surface area contributed by atoms with Crippen LogP contribution in [-0.2, 0) is 4.79 Å². The lowest BCUT2D eigenvalue weighted by Gasteiger charge is -2.37. The van der Waals surface area contributed by atoms with Crippen molar-refractivity contribution < 1.29 is 4.79 Å². The Morgan fingerprint density at radius 3 is 2.50 bits per heavy atom. The number of pyridine rings is 1. The number of hydrogen-bond acceptors (Lipinski definition) is 3. The summed E-state index contributed by atoms with van der Waals surface area (Å²) in [7, 11) is 0. The highest BCUT2D eigenvalue weighted by molar-refractivity contribution is 5.79. The summed E-state index contributed by atoms with van der Waals surface area (Å²) in [4.78, 5) is 21.0. The van der Waals surface area contributed by atoms with Gasteiger partial charge in [-0.2, -0.15) is 0 Å². The maximum Gasteiger partial charge on any atom is 0.222 e. The van der Waals surface area contributed by atoms with Crippen LogP contribution in [0.3, 0.4) is 0 Å². The number of hydrogen-bond donors (Lipinski definition) is 0. The minimum absolute atomic E-state index is 0.339. The van der Waals surface area contributed by atoms with Crippen LogP contribution in [0.5, 0.6) is 0 Å². The number of rotatable bonds is 4. The highest BCUT2D eigenvalue weighted by Gasteiger charge is 2.29. The zero-order chi connectivity index (χ0) is 16.4. The molecule has 0 N–H and O–H groups in total. The molecule has 1 saturated carbocycles. The molecule has 4 heteroatoms. The van der Waals surface area contributed by atoms with Crippen LogP contribution in [0.25, 0.3) is 11.1 Å². The first kappa shape index (κ1) is 15.2. The molecule has 4 nitrogen and oxygen atoms in total. The first-order chi connectivity index (χ1) is 11.8. The molecule has 2 aliphatic rings. The van der Waals surface area contributed by atoms with Crippen molar-refractivity contribution in [3.8, 4) is 11.1 Å². The minimum Gasteiger partial charge on any atom is -0.366 e. The number of piperazine rings is 1. The Kier molecular flexibility index (Phi) is 4.20. The van der Waals surface area contributed by atoms with Crippen LogP contribution in [0, 0.1) is 5.92 Å². The molecular formula is C20H23N3O. The van der Waals surface area contributed by atoms with Gasteiger partial charge in [-0.1, -0.05) is 30.3 Å². The van der Waals surface area contributed by atoms with E-state index in [2.05, 4.69) is 40.2 Å². The smallest absolute Gasteiger partial charge is 0.222 e. The summed E-state index contributed by atoms with van der Waals surface area (Å²) in [6.45, 7) is 3.38. The molecule has 0 bridgehead atoms. The summed E-state index contributed by atoms with van der Waals surface area (Å²) in [5, 5.41) is 0. The lowest BCUT2D eigenvalue weighted by atomic mass is 10.0. The third-order valence-corrected chi connectivity index (χ3v) is 5.02. The zero-order valence-corrected chi connectivity index (χ0v) is 13.9. The van der Waals surface area contributed by atoms with E-state index in [1.54, 1.807) is 0 Å². The van der Waals surface area contributed by atoms with E-state index in [-0.39, 0.29) is 0 Å². The second-order valence-corrected chi connectivity index (χ2v) is 6.77. The molecule has 1 saturated heterocycles. The third kappa shape index (κ3) is 3.28. The van der Waals surface area contributed by atoms with Crippen molar-refractivity contribution >= 4 is 11.6 Å². The normalized spacial score (nSPS) is 17.8. The predicted molar refractivity (Wildman–Crippen MR) is 95.8 cm³/mol. The van der Waals surface area contributed by atoms with Gasteiger partial charge >= 0.3 is 0 Å². The van der Waals surface area contributed by atoms with Crippen LogP contribution in [0.15, 0.2) is 48.8 Å². The van der Waals surface area contributed by atoms with Crippen molar-refractivity contribution in [2.45, 2.75) is 19.3 Å². The fourth-order valence-corrected chi connectivity index (χ4v) is 3.39. The van der Waals surface area contributed by atoms with Crippen LogP contribution in [-0.4, -0.2) is 42.0 Å². The van der Waals surface area contributed by atoms with Crippen LogP contribution in [0.2, 0.25) is 0 Å². The second kappa shape index (κ2) is 6.63. The van der Waals surface area contributed by atoms with E-state index in [1.165, 1.54) is 24.0 Å². The van der Waals surface area contributed by atoms with Crippen LogP contribution in [0.4, 0.5) is 5.69 Å². The average Bonchev–Trinajstić information content (AvgIpc) is 3.46. The van der Waals surface area contributed by atoms with Gasteiger partial charge in [-0.25, -0.2) is 0 Å². The summed E-state index contributed by atoms with van der Waals surface area (Å²) in [5.74, 6) is 1.00. The highest BCUT2D eigenvalue weighted by Crippen LogP contribution is 2.33. The molecule has 2 aromatic rings. The largest absolute Gasteiger partial charge is 0.366 e. The first-order valence-electron chi connectivity index (χ1n) is 8.83. The monoisotopic (exact) mass is 321 g/mol. The molecule has 124 valence electrons. The number of carbonyl (C=O) groups excluding carboxylic acids is 1. The van der Waals surface area contributed by atoms with E-state index < -0.39 is 0 Å². The Hall–Kier alpha value is -2.36. The number of nitrogens with zero attached hydrogens (tertiary/aromatic N) is 3. The molecule has 1 aliphatic carbocycles. The number of aromatic nitrogens is 1. The molecule has 0 spiro atoms. The van der Waals surface area contributed by atoms with E-state index in [9.17, 15) is 4.79 Å². The molecule has 4 rings (SSSR count). The fourth-order valence-electron chi connectivity index (χ4n) is 3.39. The lowest BCUT2D eigenvalue weighted by Crippen LogP contribution is -2.49. The first-order valence-corrected chi connectivity index (χ1v) is 8.83. The second-order valence-electron chi connectivity index (χ2n) is 6.77. The number of carbonyl (C=O) groups is 1. The lowest BCUT2D eigenvalue weighted by molar-refractivity contribution is -0.131. The summed E-state index contributed by atoms with van der Waals surface area (Å²) in [6.07, 6.45) is 7.02. The Labute approximate surface area is 143 Å². The highest BCUT2D eigenvalue weighted by atomic mass is 16.2. The molecular weight excluding hydrogens is 298 g/mol.